The van der Waals surface area contributed by atoms with Crippen molar-refractivity contribution < 1.29 is 45.3 Å². The zero-order chi connectivity index (χ0) is 30.7. The van der Waals surface area contributed by atoms with E-state index in [0.717, 1.165) is 20.8 Å². The summed E-state index contributed by atoms with van der Waals surface area (Å²) in [6.07, 6.45) is -7.50. The van der Waals surface area contributed by atoms with Gasteiger partial charge in [-0.2, -0.15) is 31.4 Å². The van der Waals surface area contributed by atoms with Gasteiger partial charge >= 0.3 is 18.4 Å². The van der Waals surface area contributed by atoms with E-state index < -0.39 is 60.4 Å². The second-order valence-corrected chi connectivity index (χ2v) is 11.1. The van der Waals surface area contributed by atoms with Crippen LogP contribution >= 0.6 is 0 Å². The average molecular weight is 587 g/mol. The Hall–Kier alpha value is -2.69. The van der Waals surface area contributed by atoms with E-state index in [2.05, 4.69) is 20.7 Å². The van der Waals surface area contributed by atoms with Crippen LogP contribution in [0.15, 0.2) is 18.5 Å². The Balaban J connectivity index is 2.37. The molecule has 2 aromatic heterocycles. The van der Waals surface area contributed by atoms with Crippen LogP contribution in [0.1, 0.15) is 64.9 Å². The zero-order valence-electron chi connectivity index (χ0n) is 23.3. The van der Waals surface area contributed by atoms with Gasteiger partial charge < -0.3 is 30.6 Å². The third-order valence-electron chi connectivity index (χ3n) is 5.80. The van der Waals surface area contributed by atoms with Gasteiger partial charge in [-0.25, -0.2) is 14.3 Å². The van der Waals surface area contributed by atoms with Gasteiger partial charge in [0.05, 0.1) is 43.4 Å². The number of halogens is 6. The van der Waals surface area contributed by atoms with Crippen molar-refractivity contribution in [2.75, 3.05) is 26.9 Å². The number of hydrogen-bond acceptors (Lipinski definition) is 8. The number of carbonyl (C=O) groups is 1. The van der Waals surface area contributed by atoms with Crippen LogP contribution in [0.4, 0.5) is 31.1 Å². The summed E-state index contributed by atoms with van der Waals surface area (Å²) in [5, 5.41) is 9.41. The van der Waals surface area contributed by atoms with Crippen LogP contribution < -0.4 is 16.4 Å². The van der Waals surface area contributed by atoms with E-state index in [1.165, 1.54) is 30.1 Å². The Kier molecular flexibility index (Phi) is 10.1. The first-order chi connectivity index (χ1) is 18.1. The predicted octanol–water partition coefficient (Wildman–Crippen LogP) is 4.21. The highest BCUT2D eigenvalue weighted by Gasteiger charge is 2.49. The van der Waals surface area contributed by atoms with Gasteiger partial charge in [-0.3, -0.25) is 0 Å². The summed E-state index contributed by atoms with van der Waals surface area (Å²) in [6.45, 7) is 6.16. The molecule has 10 nitrogen and oxygen atoms in total. The van der Waals surface area contributed by atoms with Crippen LogP contribution in [0.3, 0.4) is 0 Å². The number of aromatic nitrogens is 3. The molecule has 2 rings (SSSR count). The molecule has 0 aliphatic heterocycles. The topological polar surface area (TPSA) is 125 Å². The van der Waals surface area contributed by atoms with E-state index in [4.69, 9.17) is 19.9 Å². The fourth-order valence-electron chi connectivity index (χ4n) is 3.17. The number of ether oxygens (including phenoxy) is 3. The maximum Gasteiger partial charge on any atom is 0.416 e. The van der Waals surface area contributed by atoms with Crippen LogP contribution in [-0.2, 0) is 14.2 Å². The van der Waals surface area contributed by atoms with E-state index in [1.54, 1.807) is 20.8 Å². The predicted molar refractivity (Wildman–Crippen MR) is 132 cm³/mol. The first-order valence-electron chi connectivity index (χ1n) is 12.2. The molecule has 2 aromatic rings. The van der Waals surface area contributed by atoms with Crippen molar-refractivity contribution >= 4 is 11.7 Å². The van der Waals surface area contributed by atoms with E-state index in [0.29, 0.717) is 5.56 Å². The number of rotatable bonds is 11. The summed E-state index contributed by atoms with van der Waals surface area (Å²) in [5.41, 5.74) is 0.217. The molecule has 228 valence electrons. The fourth-order valence-corrected chi connectivity index (χ4v) is 3.17. The first kappa shape index (κ1) is 33.5. The first-order valence-corrected chi connectivity index (χ1v) is 12.2. The third-order valence-corrected chi connectivity index (χ3v) is 5.80. The number of imidazole rings is 1. The highest BCUT2D eigenvalue weighted by Crippen LogP contribution is 2.34. The number of methoxy groups -OCH3 is 1. The molecule has 0 radical (unpaired) electrons. The zero-order valence-corrected chi connectivity index (χ0v) is 23.3. The lowest BCUT2D eigenvalue weighted by Crippen LogP contribution is -2.57. The number of amides is 1. The van der Waals surface area contributed by atoms with Crippen LogP contribution in [0, 0.1) is 0 Å². The summed E-state index contributed by atoms with van der Waals surface area (Å²) >= 11 is 0. The lowest BCUT2D eigenvalue weighted by molar-refractivity contribution is -0.265. The molecular weight excluding hydrogens is 550 g/mol. The molecule has 1 amide bonds. The van der Waals surface area contributed by atoms with Crippen molar-refractivity contribution in [3.63, 3.8) is 0 Å². The standard InChI is InChI=1S/C24H36F6N6O4/c1-20(2,3)40-19(37)35-17(12-39-21(4,5)23(25,26)27)15-10-36-18(34-15)8-14(9-33-36)16(11-38-7)32-13-22(6,31)24(28,29)30/h8-10,16-17,32H,11-13,31H2,1-7H3,(H,35,37)/t16-,17+,22+/m1/s1. The average Bonchev–Trinajstić information content (AvgIpc) is 3.20. The number of nitrogens with two attached hydrogens (primary N) is 1. The van der Waals surface area contributed by atoms with Gasteiger partial charge in [-0.1, -0.05) is 0 Å². The number of alkyl carbamates (subject to hydrolysis) is 1. The van der Waals surface area contributed by atoms with Crippen LogP contribution in [0.25, 0.3) is 5.65 Å². The minimum absolute atomic E-state index is 0.0253. The summed E-state index contributed by atoms with van der Waals surface area (Å²) < 4.78 is 96.5. The molecular formula is C24H36F6N6O4. The second-order valence-electron chi connectivity index (χ2n) is 11.1. The van der Waals surface area contributed by atoms with Gasteiger partial charge in [-0.15, -0.1) is 0 Å². The van der Waals surface area contributed by atoms with E-state index >= 15 is 0 Å². The number of hydrogen-bond donors (Lipinski definition) is 3. The molecule has 0 aliphatic carbocycles. The van der Waals surface area contributed by atoms with Gasteiger partial charge in [-0.05, 0) is 53.2 Å². The van der Waals surface area contributed by atoms with E-state index in [-0.39, 0.29) is 17.9 Å². The Bertz CT molecular complexity index is 1140. The molecule has 0 unspecified atom stereocenters. The molecule has 0 saturated heterocycles. The van der Waals surface area contributed by atoms with Gasteiger partial charge in [0.2, 0.25) is 0 Å². The van der Waals surface area contributed by atoms with Crippen molar-refractivity contribution in [2.45, 2.75) is 82.7 Å². The summed E-state index contributed by atoms with van der Waals surface area (Å²) in [4.78, 5) is 16.8. The number of fused-ring (bicyclic) bond motifs is 1. The Morgan fingerprint density at radius 2 is 1.65 bits per heavy atom. The number of nitrogens with zero attached hydrogens (tertiary/aromatic N) is 3. The highest BCUT2D eigenvalue weighted by atomic mass is 19.4. The normalized spacial score (nSPS) is 16.4. The molecule has 0 spiro atoms. The molecule has 4 N–H and O–H groups in total. The van der Waals surface area contributed by atoms with Crippen LogP contribution in [0.2, 0.25) is 0 Å². The number of carbonyl (C=O) groups excluding carboxylic acids is 1. The summed E-state index contributed by atoms with van der Waals surface area (Å²) in [7, 11) is 1.37. The fraction of sp³-hybridized carbons (Fsp3) is 0.708. The van der Waals surface area contributed by atoms with Crippen molar-refractivity contribution in [3.8, 4) is 0 Å². The smallest absolute Gasteiger partial charge is 0.416 e. The monoisotopic (exact) mass is 586 g/mol. The van der Waals surface area contributed by atoms with Crippen LogP contribution in [-0.4, -0.2) is 76.7 Å². The largest absolute Gasteiger partial charge is 0.444 e. The van der Waals surface area contributed by atoms with Crippen LogP contribution in [0.5, 0.6) is 0 Å². The quantitative estimate of drug-likeness (QED) is 0.335. The Labute approximate surface area is 227 Å². The van der Waals surface area contributed by atoms with E-state index in [9.17, 15) is 31.1 Å². The van der Waals surface area contributed by atoms with Crippen molar-refractivity contribution in [1.82, 2.24) is 25.2 Å². The van der Waals surface area contributed by atoms with Gasteiger partial charge in [0, 0.05) is 13.7 Å². The summed E-state index contributed by atoms with van der Waals surface area (Å²) in [5.74, 6) is 0. The highest BCUT2D eigenvalue weighted by molar-refractivity contribution is 5.68. The Morgan fingerprint density at radius 1 is 1.02 bits per heavy atom. The lowest BCUT2D eigenvalue weighted by atomic mass is 10.0. The maximum atomic E-state index is 13.4. The van der Waals surface area contributed by atoms with Gasteiger partial charge in [0.15, 0.2) is 11.2 Å². The molecule has 0 aromatic carbocycles. The molecule has 0 saturated carbocycles. The SMILES string of the molecule is COC[C@@H](NC[C@](C)(N)C(F)(F)F)c1cnn2cc([C@H](COC(C)(C)C(F)(F)F)NC(=O)OC(C)(C)C)nc2c1. The number of alkyl halides is 6. The van der Waals surface area contributed by atoms with Gasteiger partial charge in [0.1, 0.15) is 11.1 Å². The summed E-state index contributed by atoms with van der Waals surface area (Å²) in [6, 6.07) is -0.404. The second kappa shape index (κ2) is 12.0. The van der Waals surface area contributed by atoms with Crippen molar-refractivity contribution in [2.24, 2.45) is 5.73 Å². The lowest BCUT2D eigenvalue weighted by Gasteiger charge is -2.30. The Morgan fingerprint density at radius 3 is 2.17 bits per heavy atom. The van der Waals surface area contributed by atoms with E-state index in [1.807, 2.05) is 0 Å². The molecule has 3 atom stereocenters. The third kappa shape index (κ3) is 8.91. The minimum Gasteiger partial charge on any atom is -0.444 e. The molecule has 0 bridgehead atoms. The minimum atomic E-state index is -4.69. The molecule has 0 aliphatic rings. The number of nitrogens with one attached hydrogen (secondary N) is 2. The molecule has 2 heterocycles. The van der Waals surface area contributed by atoms with Crippen molar-refractivity contribution in [1.29, 1.82) is 0 Å². The van der Waals surface area contributed by atoms with Gasteiger partial charge in [0.25, 0.3) is 0 Å². The maximum absolute atomic E-state index is 13.4. The van der Waals surface area contributed by atoms with Crippen molar-refractivity contribution in [3.05, 3.63) is 29.7 Å². The molecule has 40 heavy (non-hydrogen) atoms. The molecule has 0 fully saturated rings. The molecule has 16 heteroatoms.